The van der Waals surface area contributed by atoms with Gasteiger partial charge in [0.2, 0.25) is 0 Å². The minimum absolute atomic E-state index is 0.194. The van der Waals surface area contributed by atoms with Crippen molar-refractivity contribution in [1.29, 1.82) is 10.5 Å². The van der Waals surface area contributed by atoms with E-state index in [4.69, 9.17) is 0 Å². The third-order valence-corrected chi connectivity index (χ3v) is 7.48. The molecule has 2 heterocycles. The first-order valence-corrected chi connectivity index (χ1v) is 11.7. The normalized spacial score (nSPS) is 21.3. The van der Waals surface area contributed by atoms with Crippen molar-refractivity contribution in [3.8, 4) is 12.1 Å². The molecule has 0 radical (unpaired) electrons. The number of carbonyl (C=O) groups excluding carboxylic acids is 1. The van der Waals surface area contributed by atoms with Gasteiger partial charge in [-0.1, -0.05) is 91.0 Å². The number of hydrogen-bond acceptors (Lipinski definition) is 4. The third kappa shape index (κ3) is 2.93. The number of anilines is 1. The SMILES string of the molecule is N#CC1(C#N)C(c2ccccc2F)C(C(=O)c2ccccc2)N2c3ccc4ccccc4c3C=CC21. The van der Waals surface area contributed by atoms with Gasteiger partial charge < -0.3 is 4.90 Å². The van der Waals surface area contributed by atoms with Crippen LogP contribution in [0.4, 0.5) is 10.1 Å². The monoisotopic (exact) mass is 469 g/mol. The Morgan fingerprint density at radius 3 is 2.31 bits per heavy atom. The predicted octanol–water partition coefficient (Wildman–Crippen LogP) is 6.26. The molecule has 1 fully saturated rings. The molecule has 3 atom stereocenters. The molecule has 1 saturated heterocycles. The number of benzene rings is 4. The molecular weight excluding hydrogens is 449 g/mol. The highest BCUT2D eigenvalue weighted by atomic mass is 19.1. The van der Waals surface area contributed by atoms with Gasteiger partial charge in [0, 0.05) is 22.7 Å². The summed E-state index contributed by atoms with van der Waals surface area (Å²) in [5.41, 5.74) is 0.626. The minimum atomic E-state index is -1.68. The summed E-state index contributed by atoms with van der Waals surface area (Å²) in [5, 5.41) is 23.0. The minimum Gasteiger partial charge on any atom is -0.351 e. The molecular formula is C31H20FN3O. The third-order valence-electron chi connectivity index (χ3n) is 7.48. The topological polar surface area (TPSA) is 67.9 Å². The summed E-state index contributed by atoms with van der Waals surface area (Å²) < 4.78 is 15.3. The van der Waals surface area contributed by atoms with Gasteiger partial charge in [0.25, 0.3) is 0 Å². The highest BCUT2D eigenvalue weighted by molar-refractivity contribution is 6.06. The number of halogens is 1. The Labute approximate surface area is 208 Å². The molecule has 6 rings (SSSR count). The average Bonchev–Trinajstić information content (AvgIpc) is 3.24. The molecule has 0 saturated carbocycles. The number of nitrogens with zero attached hydrogens (tertiary/aromatic N) is 3. The van der Waals surface area contributed by atoms with E-state index in [2.05, 4.69) is 12.1 Å². The van der Waals surface area contributed by atoms with Crippen LogP contribution in [0.25, 0.3) is 16.8 Å². The fourth-order valence-electron chi connectivity index (χ4n) is 5.89. The zero-order chi connectivity index (χ0) is 24.9. The zero-order valence-corrected chi connectivity index (χ0v) is 19.2. The van der Waals surface area contributed by atoms with Crippen LogP contribution in [0.5, 0.6) is 0 Å². The second-order valence-electron chi connectivity index (χ2n) is 9.20. The van der Waals surface area contributed by atoms with Crippen LogP contribution in [0, 0.1) is 33.9 Å². The molecule has 4 nitrogen and oxygen atoms in total. The van der Waals surface area contributed by atoms with E-state index in [0.29, 0.717) is 5.56 Å². The van der Waals surface area contributed by atoms with Crippen molar-refractivity contribution in [2.75, 3.05) is 4.90 Å². The second kappa shape index (κ2) is 8.18. The van der Waals surface area contributed by atoms with Crippen molar-refractivity contribution in [2.45, 2.75) is 18.0 Å². The first-order chi connectivity index (χ1) is 17.6. The molecule has 3 unspecified atom stereocenters. The van der Waals surface area contributed by atoms with Crippen LogP contribution in [0.3, 0.4) is 0 Å². The van der Waals surface area contributed by atoms with Gasteiger partial charge in [0.15, 0.2) is 11.2 Å². The fraction of sp³-hybridized carbons (Fsp3) is 0.129. The Balaban J connectivity index is 1.67. The van der Waals surface area contributed by atoms with Gasteiger partial charge in [-0.15, -0.1) is 0 Å². The van der Waals surface area contributed by atoms with E-state index in [1.807, 2.05) is 59.5 Å². The van der Waals surface area contributed by atoms with Crippen LogP contribution in [-0.2, 0) is 0 Å². The standard InChI is InChI=1S/C31H20FN3O/c32-25-13-7-6-12-24(25)28-29(30(36)21-9-2-1-3-10-21)35-26-16-14-20-8-4-5-11-22(20)23(26)15-17-27(35)31(28,18-33)19-34/h1-17,27-29H. The summed E-state index contributed by atoms with van der Waals surface area (Å²) >= 11 is 0. The molecule has 0 bridgehead atoms. The van der Waals surface area contributed by atoms with E-state index >= 15 is 4.39 Å². The van der Waals surface area contributed by atoms with E-state index < -0.39 is 29.2 Å². The Morgan fingerprint density at radius 1 is 0.861 bits per heavy atom. The van der Waals surface area contributed by atoms with E-state index in [1.54, 1.807) is 42.5 Å². The predicted molar refractivity (Wildman–Crippen MR) is 137 cm³/mol. The summed E-state index contributed by atoms with van der Waals surface area (Å²) in [6.07, 6.45) is 3.75. The molecule has 5 heteroatoms. The summed E-state index contributed by atoms with van der Waals surface area (Å²) in [5.74, 6) is -1.80. The molecule has 4 aromatic rings. The quantitative estimate of drug-likeness (QED) is 0.332. The molecule has 0 spiro atoms. The molecule has 172 valence electrons. The molecule has 0 amide bonds. The fourth-order valence-corrected chi connectivity index (χ4v) is 5.89. The van der Waals surface area contributed by atoms with Crippen LogP contribution in [-0.4, -0.2) is 17.9 Å². The summed E-state index contributed by atoms with van der Waals surface area (Å²) in [6, 6.07) is 29.6. The van der Waals surface area contributed by atoms with Gasteiger partial charge in [-0.05, 0) is 28.5 Å². The van der Waals surface area contributed by atoms with Crippen molar-refractivity contribution < 1.29 is 9.18 Å². The van der Waals surface area contributed by atoms with Gasteiger partial charge in [0.05, 0.1) is 18.2 Å². The molecule has 0 N–H and O–H groups in total. The van der Waals surface area contributed by atoms with E-state index in [9.17, 15) is 15.3 Å². The summed E-state index contributed by atoms with van der Waals surface area (Å²) in [6.45, 7) is 0. The van der Waals surface area contributed by atoms with Gasteiger partial charge in [0.1, 0.15) is 11.9 Å². The summed E-state index contributed by atoms with van der Waals surface area (Å²) in [4.78, 5) is 16.1. The van der Waals surface area contributed by atoms with Crippen LogP contribution >= 0.6 is 0 Å². The number of carbonyl (C=O) groups is 1. The number of ketones is 1. The number of hydrogen-bond donors (Lipinski definition) is 0. The Hall–Kier alpha value is -4.74. The number of fused-ring (bicyclic) bond motifs is 5. The number of rotatable bonds is 3. The highest BCUT2D eigenvalue weighted by Gasteiger charge is 2.63. The van der Waals surface area contributed by atoms with Crippen LogP contribution in [0.1, 0.15) is 27.4 Å². The van der Waals surface area contributed by atoms with Gasteiger partial charge in [-0.3, -0.25) is 4.79 Å². The van der Waals surface area contributed by atoms with Crippen LogP contribution in [0.15, 0.2) is 97.1 Å². The lowest BCUT2D eigenvalue weighted by Crippen LogP contribution is -2.44. The van der Waals surface area contributed by atoms with Crippen molar-refractivity contribution in [3.05, 3.63) is 120 Å². The Morgan fingerprint density at radius 2 is 1.56 bits per heavy atom. The van der Waals surface area contributed by atoms with E-state index in [0.717, 1.165) is 22.0 Å². The van der Waals surface area contributed by atoms with Crippen molar-refractivity contribution in [2.24, 2.45) is 5.41 Å². The van der Waals surface area contributed by atoms with Crippen molar-refractivity contribution in [3.63, 3.8) is 0 Å². The Kier molecular flexibility index (Phi) is 4.95. The zero-order valence-electron chi connectivity index (χ0n) is 19.2. The number of Topliss-reactive ketones (excluding diaryl/α,β-unsaturated/α-hetero) is 1. The average molecular weight is 470 g/mol. The van der Waals surface area contributed by atoms with E-state index in [1.165, 1.54) is 6.07 Å². The van der Waals surface area contributed by atoms with Crippen LogP contribution < -0.4 is 4.90 Å². The molecule has 2 aliphatic heterocycles. The van der Waals surface area contributed by atoms with Gasteiger partial charge >= 0.3 is 0 Å². The lowest BCUT2D eigenvalue weighted by atomic mass is 9.69. The van der Waals surface area contributed by atoms with Crippen molar-refractivity contribution in [1.82, 2.24) is 0 Å². The largest absolute Gasteiger partial charge is 0.351 e. The molecule has 0 aromatic heterocycles. The van der Waals surface area contributed by atoms with Gasteiger partial charge in [-0.2, -0.15) is 10.5 Å². The molecule has 0 aliphatic carbocycles. The maximum atomic E-state index is 15.3. The van der Waals surface area contributed by atoms with Gasteiger partial charge in [-0.25, -0.2) is 4.39 Å². The highest BCUT2D eigenvalue weighted by Crippen LogP contribution is 2.56. The Bertz CT molecular complexity index is 1620. The second-order valence-corrected chi connectivity index (χ2v) is 9.20. The summed E-state index contributed by atoms with van der Waals surface area (Å²) in [7, 11) is 0. The smallest absolute Gasteiger partial charge is 0.185 e. The van der Waals surface area contributed by atoms with Crippen LogP contribution in [0.2, 0.25) is 0 Å². The van der Waals surface area contributed by atoms with E-state index in [-0.39, 0.29) is 11.3 Å². The number of nitriles is 2. The maximum absolute atomic E-state index is 15.3. The molecule has 2 aliphatic rings. The lowest BCUT2D eigenvalue weighted by molar-refractivity contribution is 0.0950. The molecule has 4 aromatic carbocycles. The lowest BCUT2D eigenvalue weighted by Gasteiger charge is -2.36. The molecule has 36 heavy (non-hydrogen) atoms. The van der Waals surface area contributed by atoms with Crippen molar-refractivity contribution >= 4 is 28.3 Å². The first kappa shape index (κ1) is 21.8. The first-order valence-electron chi connectivity index (χ1n) is 11.7. The maximum Gasteiger partial charge on any atom is 0.185 e.